The first-order chi connectivity index (χ1) is 14.6. The molecule has 8 heteroatoms. The van der Waals surface area contributed by atoms with Crippen molar-refractivity contribution in [2.45, 2.75) is 32.2 Å². The standard InChI is InChI=1S/C22H21FN6O/c1-14-12-28(13-24-14)19-10-9-18(25-22(19)30-2)20-26-21-17(4-3-11-29(21)27-20)15-5-7-16(23)8-6-15/h5-10,12-13,17H,3-4,11H2,1-2H3. The van der Waals surface area contributed by atoms with Crippen molar-refractivity contribution in [1.29, 1.82) is 0 Å². The smallest absolute Gasteiger partial charge is 0.238 e. The van der Waals surface area contributed by atoms with Crippen molar-refractivity contribution in [2.75, 3.05) is 7.11 Å². The van der Waals surface area contributed by atoms with E-state index in [0.29, 0.717) is 17.4 Å². The highest BCUT2D eigenvalue weighted by Crippen LogP contribution is 2.34. The number of benzene rings is 1. The monoisotopic (exact) mass is 404 g/mol. The lowest BCUT2D eigenvalue weighted by Crippen LogP contribution is -2.17. The van der Waals surface area contributed by atoms with E-state index in [9.17, 15) is 4.39 Å². The molecule has 0 saturated heterocycles. The molecule has 3 aromatic heterocycles. The Hall–Kier alpha value is -3.55. The Morgan fingerprint density at radius 2 is 1.93 bits per heavy atom. The molecule has 7 nitrogen and oxygen atoms in total. The Bertz CT molecular complexity index is 1200. The minimum Gasteiger partial charge on any atom is -0.479 e. The normalized spacial score (nSPS) is 15.8. The van der Waals surface area contributed by atoms with E-state index < -0.39 is 0 Å². The van der Waals surface area contributed by atoms with Crippen LogP contribution in [0.5, 0.6) is 5.88 Å². The van der Waals surface area contributed by atoms with Gasteiger partial charge in [0.25, 0.3) is 0 Å². The summed E-state index contributed by atoms with van der Waals surface area (Å²) in [6.07, 6.45) is 5.60. The highest BCUT2D eigenvalue weighted by atomic mass is 19.1. The van der Waals surface area contributed by atoms with Crippen LogP contribution >= 0.6 is 0 Å². The first-order valence-corrected chi connectivity index (χ1v) is 9.89. The summed E-state index contributed by atoms with van der Waals surface area (Å²) in [6, 6.07) is 10.5. The molecule has 1 atom stereocenters. The van der Waals surface area contributed by atoms with Gasteiger partial charge in [0, 0.05) is 18.7 Å². The molecule has 30 heavy (non-hydrogen) atoms. The van der Waals surface area contributed by atoms with Crippen molar-refractivity contribution in [3.05, 3.63) is 71.8 Å². The quantitative estimate of drug-likeness (QED) is 0.516. The fourth-order valence-electron chi connectivity index (χ4n) is 3.93. The van der Waals surface area contributed by atoms with Gasteiger partial charge in [-0.3, -0.25) is 0 Å². The molecule has 5 rings (SSSR count). The minimum atomic E-state index is -0.235. The van der Waals surface area contributed by atoms with Crippen LogP contribution in [-0.2, 0) is 6.54 Å². The summed E-state index contributed by atoms with van der Waals surface area (Å²) >= 11 is 0. The molecule has 152 valence electrons. The Morgan fingerprint density at radius 1 is 1.10 bits per heavy atom. The van der Waals surface area contributed by atoms with Gasteiger partial charge in [-0.2, -0.15) is 0 Å². The first kappa shape index (κ1) is 18.5. The summed E-state index contributed by atoms with van der Waals surface area (Å²) in [6.45, 7) is 2.74. The van der Waals surface area contributed by atoms with Gasteiger partial charge in [0.2, 0.25) is 5.88 Å². The van der Waals surface area contributed by atoms with Gasteiger partial charge in [-0.1, -0.05) is 12.1 Å². The van der Waals surface area contributed by atoms with Crippen molar-refractivity contribution in [1.82, 2.24) is 29.3 Å². The lowest BCUT2D eigenvalue weighted by atomic mass is 9.91. The third-order valence-corrected chi connectivity index (χ3v) is 5.40. The maximum atomic E-state index is 13.3. The molecule has 0 bridgehead atoms. The third-order valence-electron chi connectivity index (χ3n) is 5.40. The number of rotatable bonds is 4. The fraction of sp³-hybridized carbons (Fsp3) is 0.273. The molecule has 0 fully saturated rings. The second-order valence-electron chi connectivity index (χ2n) is 7.41. The van der Waals surface area contributed by atoms with E-state index >= 15 is 0 Å². The Kier molecular flexibility index (Phi) is 4.54. The molecule has 1 unspecified atom stereocenters. The molecular weight excluding hydrogens is 383 g/mol. The van der Waals surface area contributed by atoms with Crippen LogP contribution in [0.2, 0.25) is 0 Å². The van der Waals surface area contributed by atoms with Crippen molar-refractivity contribution in [3.63, 3.8) is 0 Å². The van der Waals surface area contributed by atoms with E-state index in [0.717, 1.165) is 42.2 Å². The molecular formula is C22H21FN6O. The van der Waals surface area contributed by atoms with Crippen LogP contribution in [0.25, 0.3) is 17.2 Å². The Morgan fingerprint density at radius 3 is 2.67 bits per heavy atom. The number of fused-ring (bicyclic) bond motifs is 1. The second-order valence-corrected chi connectivity index (χ2v) is 7.41. The maximum absolute atomic E-state index is 13.3. The minimum absolute atomic E-state index is 0.0932. The summed E-state index contributed by atoms with van der Waals surface area (Å²) in [5, 5.41) is 4.69. The molecule has 1 aliphatic heterocycles. The van der Waals surface area contributed by atoms with Gasteiger partial charge in [-0.05, 0) is 49.6 Å². The fourth-order valence-corrected chi connectivity index (χ4v) is 3.93. The van der Waals surface area contributed by atoms with Crippen LogP contribution in [0.1, 0.15) is 35.8 Å². The van der Waals surface area contributed by atoms with E-state index in [1.54, 1.807) is 13.4 Å². The molecule has 1 aromatic carbocycles. The number of methoxy groups -OCH3 is 1. The number of halogens is 1. The highest BCUT2D eigenvalue weighted by Gasteiger charge is 2.26. The highest BCUT2D eigenvalue weighted by molar-refractivity contribution is 5.55. The van der Waals surface area contributed by atoms with Gasteiger partial charge in [-0.25, -0.2) is 24.0 Å². The zero-order chi connectivity index (χ0) is 20.7. The number of pyridine rings is 1. The summed E-state index contributed by atoms with van der Waals surface area (Å²) < 4.78 is 22.7. The number of imidazole rings is 1. The van der Waals surface area contributed by atoms with Crippen LogP contribution in [-0.4, -0.2) is 36.4 Å². The average molecular weight is 404 g/mol. The molecule has 4 aromatic rings. The second kappa shape index (κ2) is 7.37. The zero-order valence-electron chi connectivity index (χ0n) is 16.8. The lowest BCUT2D eigenvalue weighted by molar-refractivity contribution is 0.396. The van der Waals surface area contributed by atoms with Crippen molar-refractivity contribution < 1.29 is 9.13 Å². The maximum Gasteiger partial charge on any atom is 0.238 e. The van der Waals surface area contributed by atoms with Gasteiger partial charge in [0.05, 0.1) is 19.1 Å². The number of ether oxygens (including phenoxy) is 1. The van der Waals surface area contributed by atoms with Crippen LogP contribution < -0.4 is 4.74 Å². The topological polar surface area (TPSA) is 70.7 Å². The predicted molar refractivity (Wildman–Crippen MR) is 109 cm³/mol. The number of hydrogen-bond donors (Lipinski definition) is 0. The third kappa shape index (κ3) is 3.24. The summed E-state index contributed by atoms with van der Waals surface area (Å²) in [7, 11) is 1.59. The first-order valence-electron chi connectivity index (χ1n) is 9.89. The lowest BCUT2D eigenvalue weighted by Gasteiger charge is -2.22. The van der Waals surface area contributed by atoms with Gasteiger partial charge in [0.15, 0.2) is 5.82 Å². The van der Waals surface area contributed by atoms with Crippen molar-refractivity contribution in [3.8, 4) is 23.1 Å². The largest absolute Gasteiger partial charge is 0.479 e. The molecule has 0 spiro atoms. The molecule has 0 aliphatic carbocycles. The molecule has 4 heterocycles. The van der Waals surface area contributed by atoms with Crippen LogP contribution in [0.4, 0.5) is 4.39 Å². The average Bonchev–Trinajstić information content (AvgIpc) is 3.40. The van der Waals surface area contributed by atoms with Crippen molar-refractivity contribution in [2.24, 2.45) is 0 Å². The number of nitrogens with zero attached hydrogens (tertiary/aromatic N) is 6. The van der Waals surface area contributed by atoms with Gasteiger partial charge >= 0.3 is 0 Å². The predicted octanol–water partition coefficient (Wildman–Crippen LogP) is 3.91. The molecule has 0 N–H and O–H groups in total. The zero-order valence-corrected chi connectivity index (χ0v) is 16.8. The van der Waals surface area contributed by atoms with Crippen molar-refractivity contribution >= 4 is 0 Å². The molecule has 0 amide bonds. The molecule has 0 radical (unpaired) electrons. The van der Waals surface area contributed by atoms with E-state index in [-0.39, 0.29) is 11.7 Å². The van der Waals surface area contributed by atoms with E-state index in [1.165, 1.54) is 12.1 Å². The molecule has 1 aliphatic rings. The summed E-state index contributed by atoms with van der Waals surface area (Å²) in [5.41, 5.74) is 3.41. The number of aryl methyl sites for hydroxylation is 2. The van der Waals surface area contributed by atoms with Crippen LogP contribution in [0.15, 0.2) is 48.9 Å². The van der Waals surface area contributed by atoms with Gasteiger partial charge in [-0.15, -0.1) is 5.10 Å². The van der Waals surface area contributed by atoms with E-state index in [4.69, 9.17) is 14.8 Å². The van der Waals surface area contributed by atoms with E-state index in [2.05, 4.69) is 9.97 Å². The number of aromatic nitrogens is 6. The van der Waals surface area contributed by atoms with Crippen LogP contribution in [0, 0.1) is 12.7 Å². The summed E-state index contributed by atoms with van der Waals surface area (Å²) in [5.74, 6) is 1.79. The number of hydrogen-bond acceptors (Lipinski definition) is 5. The SMILES string of the molecule is COc1nc(-c2nc3n(n2)CCCC3c2ccc(F)cc2)ccc1-n1cnc(C)c1. The van der Waals surface area contributed by atoms with Crippen LogP contribution in [0.3, 0.4) is 0 Å². The Balaban J connectivity index is 1.52. The van der Waals surface area contributed by atoms with E-state index in [1.807, 2.05) is 46.6 Å². The Labute approximate surface area is 173 Å². The van der Waals surface area contributed by atoms with Gasteiger partial charge < -0.3 is 9.30 Å². The summed E-state index contributed by atoms with van der Waals surface area (Å²) in [4.78, 5) is 13.7. The molecule has 0 saturated carbocycles. The van der Waals surface area contributed by atoms with Gasteiger partial charge in [0.1, 0.15) is 23.0 Å².